The van der Waals surface area contributed by atoms with Gasteiger partial charge in [0.05, 0.1) is 12.2 Å². The number of aliphatic hydroxyl groups is 1. The lowest BCUT2D eigenvalue weighted by Crippen LogP contribution is -2.23. The molecule has 0 bridgehead atoms. The van der Waals surface area contributed by atoms with Crippen LogP contribution in [0.3, 0.4) is 0 Å². The number of ether oxygens (including phenoxy) is 1. The van der Waals surface area contributed by atoms with Gasteiger partial charge in [-0.1, -0.05) is 48.3 Å². The van der Waals surface area contributed by atoms with Gasteiger partial charge in [-0.15, -0.1) is 0 Å². The van der Waals surface area contributed by atoms with E-state index in [-0.39, 0.29) is 24.9 Å². The Morgan fingerprint density at radius 2 is 1.84 bits per heavy atom. The molecule has 0 amide bonds. The van der Waals surface area contributed by atoms with Gasteiger partial charge in [-0.05, 0) is 17.7 Å². The Morgan fingerprint density at radius 1 is 1.24 bits per heavy atom. The van der Waals surface area contributed by atoms with Crippen molar-refractivity contribution in [1.82, 2.24) is 9.97 Å². The molecular formula is C15H21BrN4O4S. The molecule has 1 aromatic heterocycles. The van der Waals surface area contributed by atoms with E-state index in [9.17, 15) is 8.42 Å². The van der Waals surface area contributed by atoms with E-state index in [2.05, 4.69) is 44.5 Å². The molecule has 0 aliphatic rings. The first-order chi connectivity index (χ1) is 11.8. The molecule has 4 N–H and O–H groups in total. The molecule has 0 atom stereocenters. The highest BCUT2D eigenvalue weighted by Crippen LogP contribution is 2.34. The van der Waals surface area contributed by atoms with Crippen molar-refractivity contribution in [3.8, 4) is 17.0 Å². The highest BCUT2D eigenvalue weighted by atomic mass is 79.9. The van der Waals surface area contributed by atoms with E-state index >= 15 is 0 Å². The van der Waals surface area contributed by atoms with Gasteiger partial charge in [-0.2, -0.15) is 8.42 Å². The summed E-state index contributed by atoms with van der Waals surface area (Å²) in [5.41, 5.74) is 0.959. The van der Waals surface area contributed by atoms with Crippen molar-refractivity contribution in [3.63, 3.8) is 0 Å². The molecule has 2 rings (SSSR count). The molecule has 0 fully saturated rings. The monoisotopic (exact) mass is 432 g/mol. The fourth-order valence-electron chi connectivity index (χ4n) is 1.71. The molecule has 0 saturated heterocycles. The van der Waals surface area contributed by atoms with E-state index in [0.717, 1.165) is 10.8 Å². The third-order valence-corrected chi connectivity index (χ3v) is 3.52. The summed E-state index contributed by atoms with van der Waals surface area (Å²) in [4.78, 5) is 7.87. The number of benzene rings is 1. The number of nitrogens with zero attached hydrogens (tertiary/aromatic N) is 2. The number of nitrogens with two attached hydrogens (primary N) is 1. The van der Waals surface area contributed by atoms with Gasteiger partial charge in [0.1, 0.15) is 12.9 Å². The van der Waals surface area contributed by atoms with Crippen molar-refractivity contribution in [2.45, 2.75) is 20.3 Å². The molecule has 1 aromatic carbocycles. The maximum absolute atomic E-state index is 11.3. The van der Waals surface area contributed by atoms with Gasteiger partial charge in [0.25, 0.3) is 10.2 Å². The fourth-order valence-corrected chi connectivity index (χ4v) is 2.40. The molecule has 2 aromatic rings. The van der Waals surface area contributed by atoms with Crippen LogP contribution in [0.1, 0.15) is 20.3 Å². The molecule has 1 heterocycles. The lowest BCUT2D eigenvalue weighted by molar-refractivity contribution is 0.197. The van der Waals surface area contributed by atoms with Crippen molar-refractivity contribution < 1.29 is 18.3 Å². The Morgan fingerprint density at radius 3 is 2.36 bits per heavy atom. The van der Waals surface area contributed by atoms with Crippen molar-refractivity contribution in [1.29, 1.82) is 0 Å². The van der Waals surface area contributed by atoms with Gasteiger partial charge in [-0.3, -0.25) is 4.72 Å². The number of rotatable bonds is 6. The molecule has 0 aliphatic carbocycles. The number of nitrogens with one attached hydrogen (secondary N) is 1. The summed E-state index contributed by atoms with van der Waals surface area (Å²) in [6.45, 7) is 4.05. The van der Waals surface area contributed by atoms with E-state index in [1.54, 1.807) is 24.3 Å². The Balaban J connectivity index is 0.000000970. The van der Waals surface area contributed by atoms with Crippen molar-refractivity contribution in [3.05, 3.63) is 35.1 Å². The first-order valence-corrected chi connectivity index (χ1v) is 9.81. The third kappa shape index (κ3) is 7.34. The van der Waals surface area contributed by atoms with Crippen LogP contribution in [0, 0.1) is 0 Å². The summed E-state index contributed by atoms with van der Waals surface area (Å²) in [6, 6.07) is 7.03. The maximum atomic E-state index is 11.3. The Labute approximate surface area is 155 Å². The molecular weight excluding hydrogens is 412 g/mol. The van der Waals surface area contributed by atoms with Crippen molar-refractivity contribution in [2.75, 3.05) is 17.9 Å². The van der Waals surface area contributed by atoms with Gasteiger partial charge in [-0.25, -0.2) is 15.1 Å². The zero-order valence-electron chi connectivity index (χ0n) is 13.9. The Bertz CT molecular complexity index is 770. The Kier molecular flexibility index (Phi) is 8.76. The molecule has 0 unspecified atom stereocenters. The van der Waals surface area contributed by atoms with Gasteiger partial charge < -0.3 is 9.84 Å². The third-order valence-electron chi connectivity index (χ3n) is 2.51. The lowest BCUT2D eigenvalue weighted by atomic mass is 10.1. The predicted molar refractivity (Wildman–Crippen MR) is 100 cm³/mol. The minimum atomic E-state index is -4.01. The number of aromatic nitrogens is 2. The number of hydrogen-bond acceptors (Lipinski definition) is 6. The first kappa shape index (κ1) is 21.3. The predicted octanol–water partition coefficient (Wildman–Crippen LogP) is 2.31. The average Bonchev–Trinajstić information content (AvgIpc) is 2.53. The highest BCUT2D eigenvalue weighted by Gasteiger charge is 2.17. The quantitative estimate of drug-likeness (QED) is 0.642. The normalized spacial score (nSPS) is 10.6. The molecule has 0 aliphatic heterocycles. The summed E-state index contributed by atoms with van der Waals surface area (Å²) in [5, 5.41) is 13.9. The largest absolute Gasteiger partial charge is 0.475 e. The van der Waals surface area contributed by atoms with E-state index in [1.165, 1.54) is 6.42 Å². The van der Waals surface area contributed by atoms with E-state index in [1.807, 2.05) is 0 Å². The molecule has 0 spiro atoms. The second-order valence-corrected chi connectivity index (χ2v) is 7.05. The van der Waals surface area contributed by atoms with Gasteiger partial charge >= 0.3 is 0 Å². The van der Waals surface area contributed by atoms with Crippen LogP contribution < -0.4 is 14.6 Å². The Hall–Kier alpha value is -1.75. The SMILES string of the molecule is CCC.NS(=O)(=O)Nc1ncnc(OCCO)c1-c1ccc(Br)cc1. The number of aliphatic hydroxyl groups excluding tert-OH is 1. The van der Waals surface area contributed by atoms with Crippen LogP contribution in [0.4, 0.5) is 5.82 Å². The number of anilines is 1. The second kappa shape index (κ2) is 10.3. The maximum Gasteiger partial charge on any atom is 0.297 e. The van der Waals surface area contributed by atoms with Crippen molar-refractivity contribution in [2.24, 2.45) is 5.14 Å². The molecule has 25 heavy (non-hydrogen) atoms. The second-order valence-electron chi connectivity index (χ2n) is 4.84. The summed E-state index contributed by atoms with van der Waals surface area (Å²) < 4.78 is 30.9. The number of hydrogen-bond donors (Lipinski definition) is 3. The summed E-state index contributed by atoms with van der Waals surface area (Å²) >= 11 is 3.32. The van der Waals surface area contributed by atoms with Crippen LogP contribution >= 0.6 is 15.9 Å². The van der Waals surface area contributed by atoms with E-state index in [4.69, 9.17) is 15.0 Å². The van der Waals surface area contributed by atoms with Crippen molar-refractivity contribution >= 4 is 32.0 Å². The van der Waals surface area contributed by atoms with Crippen LogP contribution in [0.15, 0.2) is 35.1 Å². The molecule has 0 saturated carbocycles. The van der Waals surface area contributed by atoms with Gasteiger partial charge in [0.2, 0.25) is 5.88 Å². The lowest BCUT2D eigenvalue weighted by Gasteiger charge is -2.14. The van der Waals surface area contributed by atoms with Gasteiger partial charge in [0.15, 0.2) is 5.82 Å². The molecule has 138 valence electrons. The average molecular weight is 433 g/mol. The van der Waals surface area contributed by atoms with Crippen LogP contribution in [0.5, 0.6) is 5.88 Å². The zero-order chi connectivity index (χ0) is 18.9. The van der Waals surface area contributed by atoms with Crippen LogP contribution in [0.2, 0.25) is 0 Å². The highest BCUT2D eigenvalue weighted by molar-refractivity contribution is 9.10. The van der Waals surface area contributed by atoms with E-state index < -0.39 is 10.2 Å². The smallest absolute Gasteiger partial charge is 0.297 e. The molecule has 8 nitrogen and oxygen atoms in total. The molecule has 0 radical (unpaired) electrons. The van der Waals surface area contributed by atoms with Crippen LogP contribution in [-0.4, -0.2) is 36.7 Å². The van der Waals surface area contributed by atoms with Crippen LogP contribution in [-0.2, 0) is 10.2 Å². The van der Waals surface area contributed by atoms with E-state index in [0.29, 0.717) is 11.1 Å². The summed E-state index contributed by atoms with van der Waals surface area (Å²) in [6.07, 6.45) is 2.39. The van der Waals surface area contributed by atoms with Gasteiger partial charge in [0, 0.05) is 4.47 Å². The minimum absolute atomic E-state index is 0.00670. The standard InChI is InChI=1S/C12H13BrN4O4S.C3H8/c13-9-3-1-8(2-4-9)10-11(17-22(14,19)20)15-7-16-12(10)21-6-5-18;1-3-2/h1-4,7,18H,5-6H2,(H2,14,19,20)(H,15,16,17);3H2,1-2H3. The summed E-state index contributed by atoms with van der Waals surface area (Å²) in [7, 11) is -4.01. The zero-order valence-corrected chi connectivity index (χ0v) is 16.3. The minimum Gasteiger partial charge on any atom is -0.475 e. The topological polar surface area (TPSA) is 127 Å². The van der Waals surface area contributed by atoms with Crippen LogP contribution in [0.25, 0.3) is 11.1 Å². The molecule has 10 heteroatoms. The first-order valence-electron chi connectivity index (χ1n) is 7.47. The fraction of sp³-hybridized carbons (Fsp3) is 0.333. The number of halogens is 1. The summed E-state index contributed by atoms with van der Waals surface area (Å²) in [5.74, 6) is 0.130.